The number of aryl methyl sites for hydroxylation is 1. The lowest BCUT2D eigenvalue weighted by atomic mass is 10.2. The Kier molecular flexibility index (Phi) is 4.63. The van der Waals surface area contributed by atoms with E-state index in [1.54, 1.807) is 0 Å². The Hall–Kier alpha value is -1.75. The number of rotatable bonds is 5. The highest BCUT2D eigenvalue weighted by Crippen LogP contribution is 2.17. The lowest BCUT2D eigenvalue weighted by molar-refractivity contribution is -0.144. The van der Waals surface area contributed by atoms with Crippen molar-refractivity contribution in [2.24, 2.45) is 7.05 Å². The van der Waals surface area contributed by atoms with Crippen LogP contribution in [-0.2, 0) is 23.2 Å². The van der Waals surface area contributed by atoms with Gasteiger partial charge in [0, 0.05) is 24.6 Å². The standard InChI is InChI=1S/C14H16N2O2S/c1-16-9-12(10-18-13(17)7-8-19)15-14(16)11-5-3-2-4-6-11/h2-6,9,19H,7-8,10H2,1H3. The number of nitrogens with zero attached hydrogens (tertiary/aromatic N) is 2. The Balaban J connectivity index is 2.07. The van der Waals surface area contributed by atoms with Gasteiger partial charge in [-0.05, 0) is 0 Å². The average molecular weight is 276 g/mol. The van der Waals surface area contributed by atoms with Gasteiger partial charge in [0.15, 0.2) is 0 Å². The first kappa shape index (κ1) is 13.7. The molecule has 0 fully saturated rings. The molecule has 1 aromatic heterocycles. The highest BCUT2D eigenvalue weighted by Gasteiger charge is 2.09. The number of hydrogen-bond donors (Lipinski definition) is 1. The van der Waals surface area contributed by atoms with Crippen molar-refractivity contribution in [2.45, 2.75) is 13.0 Å². The summed E-state index contributed by atoms with van der Waals surface area (Å²) in [6.45, 7) is 0.202. The van der Waals surface area contributed by atoms with E-state index < -0.39 is 0 Å². The lowest BCUT2D eigenvalue weighted by Gasteiger charge is -2.00. The number of thiol groups is 1. The van der Waals surface area contributed by atoms with E-state index in [-0.39, 0.29) is 12.6 Å². The molecule has 4 nitrogen and oxygen atoms in total. The maximum Gasteiger partial charge on any atom is 0.307 e. The normalized spacial score (nSPS) is 10.4. The highest BCUT2D eigenvalue weighted by molar-refractivity contribution is 7.80. The number of aromatic nitrogens is 2. The van der Waals surface area contributed by atoms with Gasteiger partial charge < -0.3 is 9.30 Å². The number of esters is 1. The summed E-state index contributed by atoms with van der Waals surface area (Å²) in [5, 5.41) is 0. The Morgan fingerprint density at radius 2 is 2.11 bits per heavy atom. The third-order valence-electron chi connectivity index (χ3n) is 2.66. The van der Waals surface area contributed by atoms with Crippen LogP contribution in [0.25, 0.3) is 11.4 Å². The first-order valence-corrected chi connectivity index (χ1v) is 6.68. The van der Waals surface area contributed by atoms with Gasteiger partial charge in [-0.15, -0.1) is 0 Å². The largest absolute Gasteiger partial charge is 0.459 e. The number of carbonyl (C=O) groups excluding carboxylic acids is 1. The van der Waals surface area contributed by atoms with Gasteiger partial charge in [-0.3, -0.25) is 4.79 Å². The van der Waals surface area contributed by atoms with Crippen molar-refractivity contribution >= 4 is 18.6 Å². The average Bonchev–Trinajstić information content (AvgIpc) is 2.79. The van der Waals surface area contributed by atoms with Crippen LogP contribution in [-0.4, -0.2) is 21.3 Å². The number of benzene rings is 1. The van der Waals surface area contributed by atoms with Gasteiger partial charge in [0.05, 0.1) is 12.1 Å². The van der Waals surface area contributed by atoms with Crippen LogP contribution in [0.3, 0.4) is 0 Å². The van der Waals surface area contributed by atoms with Crippen LogP contribution in [0.5, 0.6) is 0 Å². The Bertz CT molecular complexity index is 552. The predicted octanol–water partition coefficient (Wildman–Crippen LogP) is 2.45. The third kappa shape index (κ3) is 3.61. The topological polar surface area (TPSA) is 44.1 Å². The van der Waals surface area contributed by atoms with Gasteiger partial charge in [-0.1, -0.05) is 30.3 Å². The molecule has 0 aliphatic heterocycles. The SMILES string of the molecule is Cn1cc(COC(=O)CCS)nc1-c1ccccc1. The molecule has 2 aromatic rings. The van der Waals surface area contributed by atoms with Crippen LogP contribution in [0.2, 0.25) is 0 Å². The second-order valence-corrected chi connectivity index (χ2v) is 4.61. The van der Waals surface area contributed by atoms with Gasteiger partial charge in [0.2, 0.25) is 0 Å². The zero-order chi connectivity index (χ0) is 13.7. The second kappa shape index (κ2) is 6.43. The van der Waals surface area contributed by atoms with Crippen LogP contribution < -0.4 is 0 Å². The smallest absolute Gasteiger partial charge is 0.307 e. The molecule has 0 radical (unpaired) electrons. The second-order valence-electron chi connectivity index (χ2n) is 4.17. The molecule has 0 atom stereocenters. The summed E-state index contributed by atoms with van der Waals surface area (Å²) in [7, 11) is 1.92. The first-order valence-electron chi connectivity index (χ1n) is 6.05. The molecule has 0 unspecified atom stereocenters. The van der Waals surface area contributed by atoms with Crippen molar-refractivity contribution in [2.75, 3.05) is 5.75 Å². The number of hydrogen-bond acceptors (Lipinski definition) is 4. The summed E-state index contributed by atoms with van der Waals surface area (Å²) in [4.78, 5) is 15.8. The van der Waals surface area contributed by atoms with Crippen LogP contribution in [0.1, 0.15) is 12.1 Å². The molecule has 0 saturated heterocycles. The van der Waals surface area contributed by atoms with Crippen LogP contribution in [0, 0.1) is 0 Å². The molecule has 0 aliphatic carbocycles. The van der Waals surface area contributed by atoms with E-state index in [1.807, 2.05) is 48.1 Å². The molecule has 5 heteroatoms. The maximum atomic E-state index is 11.3. The summed E-state index contributed by atoms with van der Waals surface area (Å²) in [5.74, 6) is 1.11. The van der Waals surface area contributed by atoms with Gasteiger partial charge >= 0.3 is 5.97 Å². The minimum absolute atomic E-state index is 0.202. The van der Waals surface area contributed by atoms with E-state index in [4.69, 9.17) is 4.74 Å². The highest BCUT2D eigenvalue weighted by atomic mass is 32.1. The molecular weight excluding hydrogens is 260 g/mol. The summed E-state index contributed by atoms with van der Waals surface area (Å²) >= 11 is 3.99. The number of carbonyl (C=O) groups is 1. The molecule has 0 bridgehead atoms. The molecule has 19 heavy (non-hydrogen) atoms. The first-order chi connectivity index (χ1) is 9.20. The Labute approximate surface area is 117 Å². The van der Waals surface area contributed by atoms with Crippen molar-refractivity contribution in [3.8, 4) is 11.4 Å². The molecule has 2 rings (SSSR count). The van der Waals surface area contributed by atoms with Crippen LogP contribution >= 0.6 is 12.6 Å². The van der Waals surface area contributed by atoms with Crippen molar-refractivity contribution in [3.63, 3.8) is 0 Å². The monoisotopic (exact) mass is 276 g/mol. The zero-order valence-corrected chi connectivity index (χ0v) is 11.6. The number of ether oxygens (including phenoxy) is 1. The van der Waals surface area contributed by atoms with Crippen molar-refractivity contribution in [3.05, 3.63) is 42.2 Å². The summed E-state index contributed by atoms with van der Waals surface area (Å²) < 4.78 is 7.04. The molecule has 1 aromatic carbocycles. The molecule has 0 spiro atoms. The van der Waals surface area contributed by atoms with E-state index in [1.165, 1.54) is 0 Å². The minimum atomic E-state index is -0.248. The minimum Gasteiger partial charge on any atom is -0.459 e. The van der Waals surface area contributed by atoms with Crippen molar-refractivity contribution in [1.82, 2.24) is 9.55 Å². The molecule has 100 valence electrons. The van der Waals surface area contributed by atoms with E-state index in [0.29, 0.717) is 12.2 Å². The fraction of sp³-hybridized carbons (Fsp3) is 0.286. The van der Waals surface area contributed by atoms with E-state index >= 15 is 0 Å². The molecule has 1 heterocycles. The maximum absolute atomic E-state index is 11.3. The third-order valence-corrected chi connectivity index (χ3v) is 2.88. The number of imidazole rings is 1. The van der Waals surface area contributed by atoms with Gasteiger partial charge in [0.25, 0.3) is 0 Å². The summed E-state index contributed by atoms with van der Waals surface area (Å²) in [6, 6.07) is 9.90. The van der Waals surface area contributed by atoms with E-state index in [2.05, 4.69) is 17.6 Å². The fourth-order valence-corrected chi connectivity index (χ4v) is 1.95. The Morgan fingerprint density at radius 1 is 1.37 bits per heavy atom. The summed E-state index contributed by atoms with van der Waals surface area (Å²) in [5.41, 5.74) is 1.78. The predicted molar refractivity (Wildman–Crippen MR) is 76.9 cm³/mol. The molecule has 0 N–H and O–H groups in total. The van der Waals surface area contributed by atoms with E-state index in [0.717, 1.165) is 17.1 Å². The molecule has 0 amide bonds. The molecular formula is C14H16N2O2S. The van der Waals surface area contributed by atoms with Gasteiger partial charge in [-0.25, -0.2) is 4.98 Å². The molecule has 0 saturated carbocycles. The van der Waals surface area contributed by atoms with Crippen molar-refractivity contribution < 1.29 is 9.53 Å². The van der Waals surface area contributed by atoms with E-state index in [9.17, 15) is 4.79 Å². The summed E-state index contributed by atoms with van der Waals surface area (Å²) in [6.07, 6.45) is 2.19. The Morgan fingerprint density at radius 3 is 2.79 bits per heavy atom. The molecule has 0 aliphatic rings. The van der Waals surface area contributed by atoms with Crippen LogP contribution in [0.15, 0.2) is 36.5 Å². The fourth-order valence-electron chi connectivity index (χ4n) is 1.77. The quantitative estimate of drug-likeness (QED) is 0.674. The van der Waals surface area contributed by atoms with Gasteiger partial charge in [0.1, 0.15) is 12.4 Å². The van der Waals surface area contributed by atoms with Crippen LogP contribution in [0.4, 0.5) is 0 Å². The zero-order valence-electron chi connectivity index (χ0n) is 10.7. The lowest BCUT2D eigenvalue weighted by Crippen LogP contribution is -2.05. The van der Waals surface area contributed by atoms with Gasteiger partial charge in [-0.2, -0.15) is 12.6 Å². The van der Waals surface area contributed by atoms with Crippen molar-refractivity contribution in [1.29, 1.82) is 0 Å².